The second-order valence-electron chi connectivity index (χ2n) is 7.85. The molecular weight excluding hydrogens is 326 g/mol. The highest BCUT2D eigenvalue weighted by Crippen LogP contribution is 2.24. The Balaban J connectivity index is 1.48. The number of piperidine rings is 1. The molecule has 0 aromatic heterocycles. The van der Waals surface area contributed by atoms with Crippen LogP contribution in [0.1, 0.15) is 55.3 Å². The number of carbonyl (C=O) groups is 2. The summed E-state index contributed by atoms with van der Waals surface area (Å²) in [6.07, 6.45) is 7.38. The van der Waals surface area contributed by atoms with Gasteiger partial charge in [0, 0.05) is 50.4 Å². The van der Waals surface area contributed by atoms with E-state index < -0.39 is 0 Å². The predicted molar refractivity (Wildman–Crippen MR) is 104 cm³/mol. The molecule has 1 aliphatic carbocycles. The molecule has 1 saturated carbocycles. The molecule has 26 heavy (non-hydrogen) atoms. The molecule has 142 valence electrons. The summed E-state index contributed by atoms with van der Waals surface area (Å²) >= 11 is 0. The fraction of sp³-hybridized carbons (Fsp3) is 0.619. The normalized spacial score (nSPS) is 19.2. The number of benzene rings is 1. The van der Waals surface area contributed by atoms with Gasteiger partial charge in [-0.2, -0.15) is 0 Å². The Bertz CT molecular complexity index is 613. The van der Waals surface area contributed by atoms with Crippen LogP contribution in [0.15, 0.2) is 24.3 Å². The second kappa shape index (κ2) is 8.56. The van der Waals surface area contributed by atoms with Gasteiger partial charge in [-0.25, -0.2) is 0 Å². The van der Waals surface area contributed by atoms with Crippen molar-refractivity contribution in [3.8, 4) is 0 Å². The van der Waals surface area contributed by atoms with Crippen LogP contribution in [0.2, 0.25) is 0 Å². The molecule has 0 radical (unpaired) electrons. The van der Waals surface area contributed by atoms with Crippen molar-refractivity contribution < 1.29 is 9.59 Å². The number of nitrogens with one attached hydrogen (secondary N) is 1. The Morgan fingerprint density at radius 1 is 0.962 bits per heavy atom. The van der Waals surface area contributed by atoms with Crippen molar-refractivity contribution in [2.75, 3.05) is 32.1 Å². The Morgan fingerprint density at radius 2 is 1.58 bits per heavy atom. The van der Waals surface area contributed by atoms with E-state index in [0.717, 1.165) is 36.9 Å². The van der Waals surface area contributed by atoms with E-state index in [4.69, 9.17) is 0 Å². The van der Waals surface area contributed by atoms with Gasteiger partial charge in [-0.15, -0.1) is 0 Å². The van der Waals surface area contributed by atoms with E-state index in [1.54, 1.807) is 0 Å². The zero-order valence-electron chi connectivity index (χ0n) is 16.0. The molecule has 0 spiro atoms. The van der Waals surface area contributed by atoms with Crippen molar-refractivity contribution in [2.24, 2.45) is 5.92 Å². The van der Waals surface area contributed by atoms with Gasteiger partial charge in [-0.05, 0) is 49.9 Å². The first-order valence-electron chi connectivity index (χ1n) is 9.91. The first-order chi connectivity index (χ1) is 12.5. The highest BCUT2D eigenvalue weighted by molar-refractivity contribution is 5.94. The second-order valence-corrected chi connectivity index (χ2v) is 7.85. The van der Waals surface area contributed by atoms with E-state index in [1.165, 1.54) is 19.3 Å². The van der Waals surface area contributed by atoms with Crippen molar-refractivity contribution in [1.29, 1.82) is 0 Å². The first-order valence-corrected chi connectivity index (χ1v) is 9.91. The summed E-state index contributed by atoms with van der Waals surface area (Å²) in [5, 5.41) is 3.23. The molecule has 1 aromatic carbocycles. The fourth-order valence-corrected chi connectivity index (χ4v) is 4.00. The van der Waals surface area contributed by atoms with Gasteiger partial charge in [0.1, 0.15) is 0 Å². The number of anilines is 1. The van der Waals surface area contributed by atoms with Crippen molar-refractivity contribution in [2.45, 2.75) is 51.0 Å². The molecule has 1 N–H and O–H groups in total. The lowest BCUT2D eigenvalue weighted by Crippen LogP contribution is -2.48. The van der Waals surface area contributed by atoms with Crippen LogP contribution < -0.4 is 10.2 Å². The molecule has 3 rings (SSSR count). The van der Waals surface area contributed by atoms with Crippen molar-refractivity contribution in [3.63, 3.8) is 0 Å². The summed E-state index contributed by atoms with van der Waals surface area (Å²) in [4.78, 5) is 29.0. The monoisotopic (exact) mass is 357 g/mol. The van der Waals surface area contributed by atoms with Crippen LogP contribution in [-0.2, 0) is 4.79 Å². The summed E-state index contributed by atoms with van der Waals surface area (Å²) < 4.78 is 0. The lowest BCUT2D eigenvalue weighted by Gasteiger charge is -2.33. The van der Waals surface area contributed by atoms with E-state index in [2.05, 4.69) is 5.32 Å². The van der Waals surface area contributed by atoms with Crippen molar-refractivity contribution in [1.82, 2.24) is 10.2 Å². The third kappa shape index (κ3) is 4.57. The highest BCUT2D eigenvalue weighted by atomic mass is 16.2. The number of nitrogens with zero attached hydrogens (tertiary/aromatic N) is 2. The van der Waals surface area contributed by atoms with E-state index in [-0.39, 0.29) is 23.8 Å². The van der Waals surface area contributed by atoms with Crippen LogP contribution in [0.3, 0.4) is 0 Å². The number of hydrogen-bond donors (Lipinski definition) is 1. The molecule has 1 heterocycles. The largest absolute Gasteiger partial charge is 0.378 e. The summed E-state index contributed by atoms with van der Waals surface area (Å²) in [6.45, 7) is 1.42. The van der Waals surface area contributed by atoms with E-state index >= 15 is 0 Å². The Labute approximate surface area is 156 Å². The van der Waals surface area contributed by atoms with Gasteiger partial charge in [-0.3, -0.25) is 9.59 Å². The molecule has 1 aromatic rings. The number of hydrogen-bond acceptors (Lipinski definition) is 3. The lowest BCUT2D eigenvalue weighted by atomic mass is 9.88. The fourth-order valence-electron chi connectivity index (χ4n) is 4.00. The van der Waals surface area contributed by atoms with Gasteiger partial charge >= 0.3 is 0 Å². The van der Waals surface area contributed by atoms with Crippen LogP contribution in [0.5, 0.6) is 0 Å². The third-order valence-corrected chi connectivity index (χ3v) is 5.74. The Hall–Kier alpha value is -2.04. The van der Waals surface area contributed by atoms with Crippen LogP contribution in [0.25, 0.3) is 0 Å². The van der Waals surface area contributed by atoms with Crippen molar-refractivity contribution in [3.05, 3.63) is 29.8 Å². The predicted octanol–water partition coefficient (Wildman–Crippen LogP) is 3.05. The summed E-state index contributed by atoms with van der Waals surface area (Å²) in [5.41, 5.74) is 1.82. The molecule has 0 unspecified atom stereocenters. The summed E-state index contributed by atoms with van der Waals surface area (Å²) in [5.74, 6) is 0.528. The van der Waals surface area contributed by atoms with Crippen LogP contribution >= 0.6 is 0 Å². The van der Waals surface area contributed by atoms with Crippen LogP contribution in [-0.4, -0.2) is 49.9 Å². The Morgan fingerprint density at radius 3 is 2.15 bits per heavy atom. The summed E-state index contributed by atoms with van der Waals surface area (Å²) in [7, 11) is 3.98. The van der Waals surface area contributed by atoms with Gasteiger partial charge in [0.05, 0.1) is 0 Å². The third-order valence-electron chi connectivity index (χ3n) is 5.74. The van der Waals surface area contributed by atoms with Gasteiger partial charge in [-0.1, -0.05) is 19.3 Å². The minimum absolute atomic E-state index is 0.0902. The van der Waals surface area contributed by atoms with Crippen LogP contribution in [0, 0.1) is 5.92 Å². The molecule has 5 heteroatoms. The Kier molecular flexibility index (Phi) is 6.17. The molecule has 2 fully saturated rings. The molecular formula is C21H31N3O2. The minimum Gasteiger partial charge on any atom is -0.378 e. The topological polar surface area (TPSA) is 52.7 Å². The lowest BCUT2D eigenvalue weighted by molar-refractivity contribution is -0.126. The maximum atomic E-state index is 12.7. The number of amides is 2. The molecule has 0 bridgehead atoms. The quantitative estimate of drug-likeness (QED) is 0.901. The zero-order chi connectivity index (χ0) is 18.5. The molecule has 1 saturated heterocycles. The molecule has 2 aliphatic rings. The standard InChI is InChI=1S/C21H31N3O2/c1-23(2)19-10-8-17(9-11-19)21(26)24-14-12-18(13-15-24)22-20(25)16-6-4-3-5-7-16/h8-11,16,18H,3-7,12-15H2,1-2H3,(H,22,25). The number of rotatable bonds is 4. The average Bonchev–Trinajstić information content (AvgIpc) is 2.69. The van der Waals surface area contributed by atoms with E-state index in [9.17, 15) is 9.59 Å². The van der Waals surface area contributed by atoms with Crippen LogP contribution in [0.4, 0.5) is 5.69 Å². The van der Waals surface area contributed by atoms with E-state index in [0.29, 0.717) is 13.1 Å². The first kappa shape index (κ1) is 18.7. The summed E-state index contributed by atoms with van der Waals surface area (Å²) in [6, 6.07) is 7.96. The number of carbonyl (C=O) groups excluding carboxylic acids is 2. The SMILES string of the molecule is CN(C)c1ccc(C(=O)N2CCC(NC(=O)C3CCCCC3)CC2)cc1. The average molecular weight is 357 g/mol. The van der Waals surface area contributed by atoms with Crippen molar-refractivity contribution >= 4 is 17.5 Å². The zero-order valence-corrected chi connectivity index (χ0v) is 16.0. The van der Waals surface area contributed by atoms with E-state index in [1.807, 2.05) is 48.2 Å². The highest BCUT2D eigenvalue weighted by Gasteiger charge is 2.27. The van der Waals surface area contributed by atoms with Gasteiger partial charge in [0.15, 0.2) is 0 Å². The maximum absolute atomic E-state index is 12.7. The smallest absolute Gasteiger partial charge is 0.253 e. The molecule has 0 atom stereocenters. The maximum Gasteiger partial charge on any atom is 0.253 e. The van der Waals surface area contributed by atoms with Gasteiger partial charge in [0.2, 0.25) is 5.91 Å². The molecule has 5 nitrogen and oxygen atoms in total. The number of likely N-dealkylation sites (tertiary alicyclic amines) is 1. The molecule has 1 aliphatic heterocycles. The minimum atomic E-state index is 0.0902. The van der Waals surface area contributed by atoms with Gasteiger partial charge < -0.3 is 15.1 Å². The van der Waals surface area contributed by atoms with Gasteiger partial charge in [0.25, 0.3) is 5.91 Å². The molecule has 2 amide bonds.